The summed E-state index contributed by atoms with van der Waals surface area (Å²) in [5.74, 6) is 0.134. The number of esters is 1. The van der Waals surface area contributed by atoms with Crippen LogP contribution < -0.4 is 10.2 Å². The van der Waals surface area contributed by atoms with Crippen molar-refractivity contribution in [3.8, 4) is 5.75 Å². The van der Waals surface area contributed by atoms with Gasteiger partial charge in [-0.3, -0.25) is 14.8 Å². The lowest BCUT2D eigenvalue weighted by Gasteiger charge is -2.13. The van der Waals surface area contributed by atoms with E-state index >= 15 is 0 Å². The molecule has 0 fully saturated rings. The zero-order chi connectivity index (χ0) is 20.2. The zero-order valence-electron chi connectivity index (χ0n) is 15.7. The van der Waals surface area contributed by atoms with Crippen LogP contribution in [0.15, 0.2) is 58.4 Å². The van der Waals surface area contributed by atoms with Gasteiger partial charge in [0, 0.05) is 29.9 Å². The number of nitrogens with zero attached hydrogens (tertiary/aromatic N) is 3. The summed E-state index contributed by atoms with van der Waals surface area (Å²) in [4.78, 5) is 32.7. The maximum absolute atomic E-state index is 12.5. The van der Waals surface area contributed by atoms with Crippen LogP contribution in [0.25, 0.3) is 0 Å². The van der Waals surface area contributed by atoms with Crippen LogP contribution in [0.1, 0.15) is 50.8 Å². The molecule has 29 heavy (non-hydrogen) atoms. The fourth-order valence-corrected chi connectivity index (χ4v) is 3.21. The van der Waals surface area contributed by atoms with Gasteiger partial charge in [0.2, 0.25) is 5.76 Å². The average Bonchev–Trinajstić information content (AvgIpc) is 3.10. The molecule has 0 spiro atoms. The van der Waals surface area contributed by atoms with Crippen molar-refractivity contribution in [1.82, 2.24) is 15.4 Å². The van der Waals surface area contributed by atoms with Crippen molar-refractivity contribution in [1.29, 1.82) is 0 Å². The summed E-state index contributed by atoms with van der Waals surface area (Å²) < 4.78 is 11.1. The van der Waals surface area contributed by atoms with Crippen molar-refractivity contribution in [2.75, 3.05) is 0 Å². The second-order valence-corrected chi connectivity index (χ2v) is 6.50. The van der Waals surface area contributed by atoms with Gasteiger partial charge in [-0.05, 0) is 44.0 Å². The number of hydrazone groups is 1. The van der Waals surface area contributed by atoms with Crippen molar-refractivity contribution in [2.45, 2.75) is 26.2 Å². The number of nitrogens with one attached hydrogen (secondary N) is 1. The van der Waals surface area contributed by atoms with E-state index in [0.717, 1.165) is 12.0 Å². The number of amides is 1. The summed E-state index contributed by atoms with van der Waals surface area (Å²) in [5, 5.41) is 4.27. The summed E-state index contributed by atoms with van der Waals surface area (Å²) >= 11 is 0. The Balaban J connectivity index is 1.57. The van der Waals surface area contributed by atoms with Gasteiger partial charge >= 0.3 is 5.97 Å². The van der Waals surface area contributed by atoms with Crippen molar-refractivity contribution in [3.05, 3.63) is 77.3 Å². The van der Waals surface area contributed by atoms with E-state index in [0.29, 0.717) is 35.6 Å². The van der Waals surface area contributed by atoms with Crippen LogP contribution in [0, 0.1) is 6.92 Å². The van der Waals surface area contributed by atoms with E-state index in [1.807, 2.05) is 0 Å². The minimum Gasteiger partial charge on any atom is -0.453 e. The third kappa shape index (κ3) is 3.91. The summed E-state index contributed by atoms with van der Waals surface area (Å²) in [6, 6.07) is 8.39. The molecular weight excluding hydrogens is 372 g/mol. The van der Waals surface area contributed by atoms with Gasteiger partial charge in [0.15, 0.2) is 0 Å². The first-order valence-electron chi connectivity index (χ1n) is 9.16. The maximum atomic E-state index is 12.5. The molecular formula is C21H18N4O4. The Morgan fingerprint density at radius 2 is 2.07 bits per heavy atom. The molecule has 0 radical (unpaired) electrons. The first-order chi connectivity index (χ1) is 14.1. The number of furan rings is 1. The fourth-order valence-electron chi connectivity index (χ4n) is 3.21. The Hall–Kier alpha value is -3.81. The van der Waals surface area contributed by atoms with Crippen LogP contribution >= 0.6 is 0 Å². The molecule has 146 valence electrons. The van der Waals surface area contributed by atoms with E-state index in [1.54, 1.807) is 49.6 Å². The average molecular weight is 390 g/mol. The highest BCUT2D eigenvalue weighted by atomic mass is 16.5. The van der Waals surface area contributed by atoms with Gasteiger partial charge in [-0.2, -0.15) is 5.10 Å². The van der Waals surface area contributed by atoms with Crippen molar-refractivity contribution in [2.24, 2.45) is 5.10 Å². The molecule has 0 aromatic carbocycles. The van der Waals surface area contributed by atoms with Gasteiger partial charge in [-0.15, -0.1) is 0 Å². The lowest BCUT2D eigenvalue weighted by Crippen LogP contribution is -2.22. The van der Waals surface area contributed by atoms with Crippen LogP contribution in [-0.4, -0.2) is 27.6 Å². The number of aromatic nitrogens is 2. The molecule has 0 unspecified atom stereocenters. The Bertz CT molecular complexity index is 1070. The summed E-state index contributed by atoms with van der Waals surface area (Å²) in [6.45, 7) is 1.78. The standard InChI is InChI=1S/C21H18N4O4/c1-13-18-15(24-25-20(26)16-7-2-3-11-23-16)8-4-9-17(18)29-19(13)21(27)28-14-6-5-10-22-12-14/h2-3,5-7,10-12H,4,8-9H2,1H3,(H,25,26)/b24-15+. The van der Waals surface area contributed by atoms with E-state index in [9.17, 15) is 9.59 Å². The van der Waals surface area contributed by atoms with E-state index in [2.05, 4.69) is 20.5 Å². The maximum Gasteiger partial charge on any atom is 0.379 e. The third-order valence-corrected chi connectivity index (χ3v) is 4.55. The Labute approximate surface area is 166 Å². The number of hydrogen-bond donors (Lipinski definition) is 1. The summed E-state index contributed by atoms with van der Waals surface area (Å²) in [6.07, 6.45) is 6.74. The topological polar surface area (TPSA) is 107 Å². The monoisotopic (exact) mass is 390 g/mol. The SMILES string of the molecule is Cc1c(C(=O)Oc2cccnc2)oc2c1/C(=N/NC(=O)c1ccccn1)CCC2. The second-order valence-electron chi connectivity index (χ2n) is 6.50. The zero-order valence-corrected chi connectivity index (χ0v) is 15.7. The number of carbonyl (C=O) groups excluding carboxylic acids is 2. The molecule has 3 heterocycles. The number of aryl methyl sites for hydroxylation is 1. The number of fused-ring (bicyclic) bond motifs is 1. The quantitative estimate of drug-likeness (QED) is 0.542. The lowest BCUT2D eigenvalue weighted by molar-refractivity contribution is 0.0697. The smallest absolute Gasteiger partial charge is 0.379 e. The number of pyridine rings is 2. The molecule has 1 amide bonds. The largest absolute Gasteiger partial charge is 0.453 e. The molecule has 1 aliphatic carbocycles. The molecule has 0 saturated heterocycles. The van der Waals surface area contributed by atoms with Crippen LogP contribution in [0.2, 0.25) is 0 Å². The van der Waals surface area contributed by atoms with E-state index < -0.39 is 11.9 Å². The minimum atomic E-state index is -0.596. The normalized spacial score (nSPS) is 14.3. The molecule has 0 saturated carbocycles. The van der Waals surface area contributed by atoms with Gasteiger partial charge in [-0.1, -0.05) is 6.07 Å². The fraction of sp³-hybridized carbons (Fsp3) is 0.190. The summed E-state index contributed by atoms with van der Waals surface area (Å²) in [7, 11) is 0. The molecule has 8 heteroatoms. The van der Waals surface area contributed by atoms with E-state index in [1.165, 1.54) is 6.20 Å². The molecule has 3 aromatic rings. The van der Waals surface area contributed by atoms with Gasteiger partial charge in [0.1, 0.15) is 17.2 Å². The minimum absolute atomic E-state index is 0.129. The van der Waals surface area contributed by atoms with Crippen molar-refractivity contribution >= 4 is 17.6 Å². The Morgan fingerprint density at radius 3 is 2.83 bits per heavy atom. The molecule has 4 rings (SSSR count). The van der Waals surface area contributed by atoms with E-state index in [4.69, 9.17) is 9.15 Å². The Kier molecular flexibility index (Phi) is 5.15. The van der Waals surface area contributed by atoms with Gasteiger partial charge < -0.3 is 9.15 Å². The first kappa shape index (κ1) is 18.5. The molecule has 8 nitrogen and oxygen atoms in total. The Morgan fingerprint density at radius 1 is 1.17 bits per heavy atom. The predicted molar refractivity (Wildman–Crippen MR) is 104 cm³/mol. The van der Waals surface area contributed by atoms with Crippen LogP contribution in [0.4, 0.5) is 0 Å². The molecule has 0 bridgehead atoms. The van der Waals surface area contributed by atoms with E-state index in [-0.39, 0.29) is 11.5 Å². The molecule has 0 atom stereocenters. The predicted octanol–water partition coefficient (Wildman–Crippen LogP) is 3.07. The van der Waals surface area contributed by atoms with Crippen molar-refractivity contribution in [3.63, 3.8) is 0 Å². The number of rotatable bonds is 4. The highest BCUT2D eigenvalue weighted by molar-refractivity contribution is 6.06. The van der Waals surface area contributed by atoms with Crippen LogP contribution in [-0.2, 0) is 6.42 Å². The first-order valence-corrected chi connectivity index (χ1v) is 9.16. The number of ether oxygens (including phenoxy) is 1. The molecule has 0 aliphatic heterocycles. The van der Waals surface area contributed by atoms with Crippen LogP contribution in [0.5, 0.6) is 5.75 Å². The van der Waals surface area contributed by atoms with Crippen molar-refractivity contribution < 1.29 is 18.7 Å². The van der Waals surface area contributed by atoms with Gasteiger partial charge in [0.25, 0.3) is 5.91 Å². The second kappa shape index (κ2) is 8.05. The highest BCUT2D eigenvalue weighted by Gasteiger charge is 2.29. The van der Waals surface area contributed by atoms with Gasteiger partial charge in [0.05, 0.1) is 11.9 Å². The molecule has 3 aromatic heterocycles. The lowest BCUT2D eigenvalue weighted by atomic mass is 9.93. The highest BCUT2D eigenvalue weighted by Crippen LogP contribution is 2.30. The third-order valence-electron chi connectivity index (χ3n) is 4.55. The summed E-state index contributed by atoms with van der Waals surface area (Å²) in [5.41, 5.74) is 4.86. The van der Waals surface area contributed by atoms with Gasteiger partial charge in [-0.25, -0.2) is 10.2 Å². The van der Waals surface area contributed by atoms with Crippen LogP contribution in [0.3, 0.4) is 0 Å². The molecule has 1 N–H and O–H groups in total. The number of carbonyl (C=O) groups is 2. The molecule has 1 aliphatic rings. The number of hydrogen-bond acceptors (Lipinski definition) is 7.